The molecule has 3 aromatic rings. The molecule has 1 aromatic heterocycles. The van der Waals surface area contributed by atoms with Gasteiger partial charge in [0.2, 0.25) is 5.91 Å². The van der Waals surface area contributed by atoms with Gasteiger partial charge in [-0.3, -0.25) is 14.9 Å². The number of aryl methyl sites for hydroxylation is 2. The molecule has 0 radical (unpaired) electrons. The van der Waals surface area contributed by atoms with Gasteiger partial charge in [0.05, 0.1) is 27.4 Å². The minimum atomic E-state index is -0.483. The molecule has 0 aliphatic heterocycles. The van der Waals surface area contributed by atoms with Gasteiger partial charge in [-0.1, -0.05) is 30.0 Å². The molecule has 1 amide bonds. The van der Waals surface area contributed by atoms with Crippen molar-refractivity contribution in [2.24, 2.45) is 7.05 Å². The normalized spacial score (nSPS) is 10.8. The number of carbonyl (C=O) groups is 1. The number of fused-ring (bicyclic) bond motifs is 1. The quantitative estimate of drug-likeness (QED) is 0.429. The van der Waals surface area contributed by atoms with Gasteiger partial charge in [0.1, 0.15) is 0 Å². The van der Waals surface area contributed by atoms with Crippen LogP contribution >= 0.6 is 11.8 Å². The zero-order valence-electron chi connectivity index (χ0n) is 13.7. The van der Waals surface area contributed by atoms with E-state index in [4.69, 9.17) is 0 Å². The lowest BCUT2D eigenvalue weighted by Crippen LogP contribution is -2.15. The summed E-state index contributed by atoms with van der Waals surface area (Å²) in [6.45, 7) is 1.79. The Balaban J connectivity index is 1.69. The number of aromatic nitrogens is 2. The maximum atomic E-state index is 12.2. The number of nitrogens with zero attached hydrogens (tertiary/aromatic N) is 3. The number of hydrogen-bond acceptors (Lipinski definition) is 5. The Labute approximate surface area is 148 Å². The number of non-ortho nitro benzene ring substituents is 1. The maximum absolute atomic E-state index is 12.2. The van der Waals surface area contributed by atoms with Gasteiger partial charge in [-0.15, -0.1) is 0 Å². The Kier molecular flexibility index (Phi) is 4.71. The second-order valence-electron chi connectivity index (χ2n) is 5.54. The number of hydrogen-bond donors (Lipinski definition) is 1. The summed E-state index contributed by atoms with van der Waals surface area (Å²) in [6, 6.07) is 12.2. The summed E-state index contributed by atoms with van der Waals surface area (Å²) in [5.74, 6) is -0.0695. The highest BCUT2D eigenvalue weighted by molar-refractivity contribution is 7.99. The van der Waals surface area contributed by atoms with Crippen molar-refractivity contribution in [1.82, 2.24) is 9.55 Å². The first-order valence-corrected chi connectivity index (χ1v) is 8.53. The van der Waals surface area contributed by atoms with E-state index in [2.05, 4.69) is 10.3 Å². The van der Waals surface area contributed by atoms with Crippen LogP contribution in [0.2, 0.25) is 0 Å². The Morgan fingerprint density at radius 2 is 2.08 bits per heavy atom. The Morgan fingerprint density at radius 3 is 2.80 bits per heavy atom. The lowest BCUT2D eigenvalue weighted by Gasteiger charge is -2.08. The molecule has 0 aliphatic carbocycles. The molecule has 0 saturated carbocycles. The predicted molar refractivity (Wildman–Crippen MR) is 97.9 cm³/mol. The first-order chi connectivity index (χ1) is 12.0. The van der Waals surface area contributed by atoms with Gasteiger partial charge in [0.25, 0.3) is 5.69 Å². The fourth-order valence-corrected chi connectivity index (χ4v) is 3.21. The summed E-state index contributed by atoms with van der Waals surface area (Å²) in [7, 11) is 1.90. The number of nitro benzene ring substituents is 1. The van der Waals surface area contributed by atoms with Crippen molar-refractivity contribution in [2.75, 3.05) is 11.1 Å². The molecule has 128 valence electrons. The lowest BCUT2D eigenvalue weighted by atomic mass is 10.2. The molecule has 2 aromatic carbocycles. The summed E-state index contributed by atoms with van der Waals surface area (Å²) in [5.41, 5.74) is 3.04. The van der Waals surface area contributed by atoms with Crippen LogP contribution in [0.3, 0.4) is 0 Å². The van der Waals surface area contributed by atoms with Crippen LogP contribution in [-0.2, 0) is 11.8 Å². The van der Waals surface area contributed by atoms with Gasteiger partial charge in [0.15, 0.2) is 5.16 Å². The standard InChI is InChI=1S/C17H16N4O3S/c1-11-7-8-12(21(23)24)9-14(11)18-16(22)10-25-17-19-13-5-3-4-6-15(13)20(17)2/h3-9H,10H2,1-2H3,(H,18,22). The van der Waals surface area contributed by atoms with Crippen LogP contribution in [0.1, 0.15) is 5.56 Å². The van der Waals surface area contributed by atoms with Gasteiger partial charge in [-0.2, -0.15) is 0 Å². The molecule has 8 heteroatoms. The molecule has 3 rings (SSSR count). The van der Waals surface area contributed by atoms with Crippen LogP contribution in [-0.4, -0.2) is 26.1 Å². The van der Waals surface area contributed by atoms with Gasteiger partial charge in [0, 0.05) is 19.2 Å². The minimum Gasteiger partial charge on any atom is -0.325 e. The first-order valence-electron chi connectivity index (χ1n) is 7.55. The lowest BCUT2D eigenvalue weighted by molar-refractivity contribution is -0.384. The molecule has 7 nitrogen and oxygen atoms in total. The van der Waals surface area contributed by atoms with E-state index in [1.54, 1.807) is 13.0 Å². The zero-order chi connectivity index (χ0) is 18.0. The molecule has 0 aliphatic rings. The van der Waals surface area contributed by atoms with Crippen LogP contribution in [0.25, 0.3) is 11.0 Å². The van der Waals surface area contributed by atoms with Gasteiger partial charge >= 0.3 is 0 Å². The van der Waals surface area contributed by atoms with Crippen LogP contribution in [0, 0.1) is 17.0 Å². The third-order valence-electron chi connectivity index (χ3n) is 3.78. The van der Waals surface area contributed by atoms with Crippen molar-refractivity contribution in [3.63, 3.8) is 0 Å². The summed E-state index contributed by atoms with van der Waals surface area (Å²) >= 11 is 1.32. The molecule has 1 N–H and O–H groups in total. The zero-order valence-corrected chi connectivity index (χ0v) is 14.5. The number of nitrogens with one attached hydrogen (secondary N) is 1. The van der Waals surface area contributed by atoms with E-state index in [1.165, 1.54) is 23.9 Å². The van der Waals surface area contributed by atoms with E-state index in [1.807, 2.05) is 35.9 Å². The monoisotopic (exact) mass is 356 g/mol. The molecule has 0 saturated heterocycles. The number of carbonyl (C=O) groups excluding carboxylic acids is 1. The van der Waals surface area contributed by atoms with Crippen molar-refractivity contribution in [3.8, 4) is 0 Å². The molecule has 0 fully saturated rings. The van der Waals surface area contributed by atoms with E-state index >= 15 is 0 Å². The van der Waals surface area contributed by atoms with Crippen LogP contribution in [0.5, 0.6) is 0 Å². The molecule has 0 unspecified atom stereocenters. The average Bonchev–Trinajstić information content (AvgIpc) is 2.91. The van der Waals surface area contributed by atoms with Crippen molar-refractivity contribution >= 4 is 40.1 Å². The molecule has 25 heavy (non-hydrogen) atoms. The maximum Gasteiger partial charge on any atom is 0.271 e. The smallest absolute Gasteiger partial charge is 0.271 e. The molecular weight excluding hydrogens is 340 g/mol. The van der Waals surface area contributed by atoms with Crippen LogP contribution in [0.4, 0.5) is 11.4 Å². The number of para-hydroxylation sites is 2. The van der Waals surface area contributed by atoms with E-state index in [9.17, 15) is 14.9 Å². The summed E-state index contributed by atoms with van der Waals surface area (Å²) in [4.78, 5) is 27.1. The number of benzene rings is 2. The first kappa shape index (κ1) is 17.0. The summed E-state index contributed by atoms with van der Waals surface area (Å²) in [5, 5.41) is 14.3. The van der Waals surface area contributed by atoms with Crippen molar-refractivity contribution in [1.29, 1.82) is 0 Å². The summed E-state index contributed by atoms with van der Waals surface area (Å²) < 4.78 is 1.94. The number of imidazole rings is 1. The summed E-state index contributed by atoms with van der Waals surface area (Å²) in [6.07, 6.45) is 0. The van der Waals surface area contributed by atoms with Gasteiger partial charge in [-0.05, 0) is 24.6 Å². The van der Waals surface area contributed by atoms with Crippen molar-refractivity contribution < 1.29 is 9.72 Å². The number of rotatable bonds is 5. The predicted octanol–water partition coefficient (Wildman–Crippen LogP) is 3.52. The highest BCUT2D eigenvalue weighted by Crippen LogP contribution is 2.24. The highest BCUT2D eigenvalue weighted by Gasteiger charge is 2.13. The number of thioether (sulfide) groups is 1. The third-order valence-corrected chi connectivity index (χ3v) is 4.81. The minimum absolute atomic E-state index is 0.0519. The Bertz CT molecular complexity index is 968. The number of amides is 1. The molecular formula is C17H16N4O3S. The van der Waals surface area contributed by atoms with E-state index in [0.29, 0.717) is 5.69 Å². The van der Waals surface area contributed by atoms with Gasteiger partial charge in [-0.25, -0.2) is 4.98 Å². The SMILES string of the molecule is Cc1ccc([N+](=O)[O-])cc1NC(=O)CSc1nc2ccccc2n1C. The fourth-order valence-electron chi connectivity index (χ4n) is 2.43. The molecule has 0 bridgehead atoms. The van der Waals surface area contributed by atoms with Gasteiger partial charge < -0.3 is 9.88 Å². The van der Waals surface area contributed by atoms with E-state index in [0.717, 1.165) is 21.8 Å². The topological polar surface area (TPSA) is 90.1 Å². The highest BCUT2D eigenvalue weighted by atomic mass is 32.2. The molecule has 0 spiro atoms. The largest absolute Gasteiger partial charge is 0.325 e. The fraction of sp³-hybridized carbons (Fsp3) is 0.176. The Morgan fingerprint density at radius 1 is 1.32 bits per heavy atom. The number of nitro groups is 1. The Hall–Kier alpha value is -2.87. The average molecular weight is 356 g/mol. The van der Waals surface area contributed by atoms with Crippen molar-refractivity contribution in [2.45, 2.75) is 12.1 Å². The van der Waals surface area contributed by atoms with E-state index in [-0.39, 0.29) is 17.3 Å². The molecule has 0 atom stereocenters. The van der Waals surface area contributed by atoms with Crippen molar-refractivity contribution in [3.05, 3.63) is 58.1 Å². The second kappa shape index (κ2) is 6.94. The van der Waals surface area contributed by atoms with Crippen LogP contribution < -0.4 is 5.32 Å². The van der Waals surface area contributed by atoms with E-state index < -0.39 is 4.92 Å². The van der Waals surface area contributed by atoms with Crippen LogP contribution in [0.15, 0.2) is 47.6 Å². The third kappa shape index (κ3) is 3.63. The number of anilines is 1. The molecule has 1 heterocycles. The second-order valence-corrected chi connectivity index (χ2v) is 6.48.